The van der Waals surface area contributed by atoms with E-state index < -0.39 is 12.0 Å². The van der Waals surface area contributed by atoms with E-state index in [4.69, 9.17) is 15.6 Å². The van der Waals surface area contributed by atoms with Crippen LogP contribution in [0.5, 0.6) is 11.5 Å². The summed E-state index contributed by atoms with van der Waals surface area (Å²) in [6.45, 7) is 0. The molecule has 0 saturated heterocycles. The number of carbonyl (C=O) groups excluding carboxylic acids is 1. The molecule has 0 aromatic heterocycles. The SMILES string of the molecule is COc1cc(CCC(=O)O)cc(C=NNC(N)=O)c1O. The molecule has 0 aliphatic carbocycles. The number of amides is 2. The number of carboxylic acids is 1. The maximum absolute atomic E-state index is 10.6. The number of hydrogen-bond acceptors (Lipinski definition) is 5. The number of phenols is 1. The molecule has 20 heavy (non-hydrogen) atoms. The summed E-state index contributed by atoms with van der Waals surface area (Å²) in [5, 5.41) is 22.1. The number of phenolic OH excluding ortho intramolecular Hbond substituents is 1. The first-order valence-electron chi connectivity index (χ1n) is 5.64. The Kier molecular flexibility index (Phi) is 5.33. The van der Waals surface area contributed by atoms with Crippen LogP contribution in [0, 0.1) is 0 Å². The van der Waals surface area contributed by atoms with E-state index >= 15 is 0 Å². The third-order valence-electron chi connectivity index (χ3n) is 2.39. The van der Waals surface area contributed by atoms with Crippen molar-refractivity contribution in [3.8, 4) is 11.5 Å². The van der Waals surface area contributed by atoms with Crippen molar-refractivity contribution in [1.82, 2.24) is 5.43 Å². The number of hydrogen-bond donors (Lipinski definition) is 4. The summed E-state index contributed by atoms with van der Waals surface area (Å²) in [6, 6.07) is 2.25. The van der Waals surface area contributed by atoms with E-state index in [-0.39, 0.29) is 29.9 Å². The van der Waals surface area contributed by atoms with E-state index in [1.165, 1.54) is 19.4 Å². The van der Waals surface area contributed by atoms with Gasteiger partial charge in [-0.05, 0) is 24.1 Å². The number of aromatic hydroxyl groups is 1. The maximum Gasteiger partial charge on any atom is 0.332 e. The summed E-state index contributed by atoms with van der Waals surface area (Å²) in [6.07, 6.45) is 1.41. The number of benzene rings is 1. The molecule has 0 saturated carbocycles. The smallest absolute Gasteiger partial charge is 0.332 e. The maximum atomic E-state index is 10.6. The number of nitrogens with zero attached hydrogens (tertiary/aromatic N) is 1. The van der Waals surface area contributed by atoms with Gasteiger partial charge >= 0.3 is 12.0 Å². The van der Waals surface area contributed by atoms with E-state index in [9.17, 15) is 14.7 Å². The third-order valence-corrected chi connectivity index (χ3v) is 2.39. The number of rotatable bonds is 6. The fourth-order valence-corrected chi connectivity index (χ4v) is 1.50. The molecule has 2 amide bonds. The molecule has 0 atom stereocenters. The Labute approximate surface area is 114 Å². The van der Waals surface area contributed by atoms with Crippen LogP contribution in [0.15, 0.2) is 17.2 Å². The van der Waals surface area contributed by atoms with E-state index in [0.717, 1.165) is 0 Å². The van der Waals surface area contributed by atoms with Crippen LogP contribution in [-0.2, 0) is 11.2 Å². The van der Waals surface area contributed by atoms with E-state index in [0.29, 0.717) is 5.56 Å². The monoisotopic (exact) mass is 281 g/mol. The van der Waals surface area contributed by atoms with Crippen LogP contribution >= 0.6 is 0 Å². The molecule has 0 unspecified atom stereocenters. The van der Waals surface area contributed by atoms with Crippen LogP contribution in [0.4, 0.5) is 4.79 Å². The summed E-state index contributed by atoms with van der Waals surface area (Å²) >= 11 is 0. The highest BCUT2D eigenvalue weighted by Crippen LogP contribution is 2.30. The van der Waals surface area contributed by atoms with Crippen molar-refractivity contribution in [3.63, 3.8) is 0 Å². The second kappa shape index (κ2) is 6.98. The van der Waals surface area contributed by atoms with Crippen LogP contribution in [-0.4, -0.2) is 35.5 Å². The molecule has 0 fully saturated rings. The zero-order chi connectivity index (χ0) is 15.1. The number of aryl methyl sites for hydroxylation is 1. The third kappa shape index (κ3) is 4.48. The summed E-state index contributed by atoms with van der Waals surface area (Å²) in [4.78, 5) is 21.0. The number of primary amides is 1. The largest absolute Gasteiger partial charge is 0.504 e. The Hall–Kier alpha value is -2.77. The first-order valence-corrected chi connectivity index (χ1v) is 5.64. The minimum Gasteiger partial charge on any atom is -0.504 e. The van der Waals surface area contributed by atoms with Crippen molar-refractivity contribution >= 4 is 18.2 Å². The van der Waals surface area contributed by atoms with Crippen molar-refractivity contribution in [2.75, 3.05) is 7.11 Å². The summed E-state index contributed by atoms with van der Waals surface area (Å²) < 4.78 is 4.99. The van der Waals surface area contributed by atoms with Crippen LogP contribution in [0.3, 0.4) is 0 Å². The predicted octanol–water partition coefficient (Wildman–Crippen LogP) is 0.420. The van der Waals surface area contributed by atoms with Crippen LogP contribution in [0.25, 0.3) is 0 Å². The van der Waals surface area contributed by atoms with Gasteiger partial charge in [0.05, 0.1) is 13.3 Å². The van der Waals surface area contributed by atoms with Gasteiger partial charge in [-0.25, -0.2) is 10.2 Å². The summed E-state index contributed by atoms with van der Waals surface area (Å²) in [5.74, 6) is -0.905. The molecule has 0 aliphatic rings. The number of carbonyl (C=O) groups is 2. The summed E-state index contributed by atoms with van der Waals surface area (Å²) in [5.41, 5.74) is 7.77. The number of methoxy groups -OCH3 is 1. The van der Waals surface area contributed by atoms with Crippen molar-refractivity contribution in [3.05, 3.63) is 23.3 Å². The molecule has 0 spiro atoms. The molecule has 0 radical (unpaired) electrons. The lowest BCUT2D eigenvalue weighted by atomic mass is 10.1. The fraction of sp³-hybridized carbons (Fsp3) is 0.250. The van der Waals surface area contributed by atoms with Crippen molar-refractivity contribution in [1.29, 1.82) is 0 Å². The van der Waals surface area contributed by atoms with E-state index in [2.05, 4.69) is 5.10 Å². The van der Waals surface area contributed by atoms with Crippen molar-refractivity contribution in [2.45, 2.75) is 12.8 Å². The number of ether oxygens (including phenoxy) is 1. The highest BCUT2D eigenvalue weighted by atomic mass is 16.5. The van der Waals surface area contributed by atoms with Crippen molar-refractivity contribution in [2.24, 2.45) is 10.8 Å². The topological polar surface area (TPSA) is 134 Å². The highest BCUT2D eigenvalue weighted by Gasteiger charge is 2.10. The molecule has 5 N–H and O–H groups in total. The molecular weight excluding hydrogens is 266 g/mol. The minimum absolute atomic E-state index is 0.0515. The number of nitrogens with one attached hydrogen (secondary N) is 1. The van der Waals surface area contributed by atoms with Crippen LogP contribution in [0.1, 0.15) is 17.5 Å². The zero-order valence-corrected chi connectivity index (χ0v) is 10.8. The Balaban J connectivity index is 3.01. The molecule has 0 bridgehead atoms. The van der Waals surface area contributed by atoms with Gasteiger partial charge in [0.25, 0.3) is 0 Å². The van der Waals surface area contributed by atoms with E-state index in [1.54, 1.807) is 6.07 Å². The summed E-state index contributed by atoms with van der Waals surface area (Å²) in [7, 11) is 1.37. The lowest BCUT2D eigenvalue weighted by Crippen LogP contribution is -2.24. The second-order valence-electron chi connectivity index (χ2n) is 3.86. The number of hydrazone groups is 1. The van der Waals surface area contributed by atoms with E-state index in [1.807, 2.05) is 5.43 Å². The fourth-order valence-electron chi connectivity index (χ4n) is 1.50. The van der Waals surface area contributed by atoms with Crippen molar-refractivity contribution < 1.29 is 24.5 Å². The second-order valence-corrected chi connectivity index (χ2v) is 3.86. The average molecular weight is 281 g/mol. The molecule has 0 aliphatic heterocycles. The first-order chi connectivity index (χ1) is 9.43. The van der Waals surface area contributed by atoms with Gasteiger partial charge in [0, 0.05) is 12.0 Å². The van der Waals surface area contributed by atoms with Gasteiger partial charge in [0.2, 0.25) is 0 Å². The number of nitrogens with two attached hydrogens (primary N) is 1. The number of aliphatic carboxylic acids is 1. The van der Waals surface area contributed by atoms with Gasteiger partial charge in [-0.3, -0.25) is 4.79 Å². The Morgan fingerprint density at radius 1 is 1.50 bits per heavy atom. The Morgan fingerprint density at radius 2 is 2.20 bits per heavy atom. The standard InChI is InChI=1S/C12H15N3O5/c1-20-9-5-7(2-3-10(16)17)4-8(11(9)18)6-14-15-12(13)19/h4-6,18H,2-3H2,1H3,(H,16,17)(H3,13,15,19). The first kappa shape index (κ1) is 15.3. The normalized spacial score (nSPS) is 10.4. The minimum atomic E-state index is -0.928. The Morgan fingerprint density at radius 3 is 2.75 bits per heavy atom. The predicted molar refractivity (Wildman–Crippen MR) is 70.9 cm³/mol. The molecule has 1 aromatic rings. The number of carboxylic acid groups (broad SMARTS) is 1. The highest BCUT2D eigenvalue weighted by molar-refractivity contribution is 5.86. The molecule has 8 nitrogen and oxygen atoms in total. The Bertz CT molecular complexity index is 542. The lowest BCUT2D eigenvalue weighted by Gasteiger charge is -2.09. The molecular formula is C12H15N3O5. The molecule has 108 valence electrons. The van der Waals surface area contributed by atoms with Gasteiger partial charge in [-0.2, -0.15) is 5.10 Å². The lowest BCUT2D eigenvalue weighted by molar-refractivity contribution is -0.136. The number of urea groups is 1. The average Bonchev–Trinajstić information content (AvgIpc) is 2.38. The molecule has 1 rings (SSSR count). The van der Waals surface area contributed by atoms with Gasteiger partial charge in [-0.1, -0.05) is 0 Å². The quantitative estimate of drug-likeness (QED) is 0.443. The molecule has 8 heteroatoms. The van der Waals surface area contributed by atoms with Crippen LogP contribution < -0.4 is 15.9 Å². The molecule has 0 heterocycles. The zero-order valence-electron chi connectivity index (χ0n) is 10.8. The van der Waals surface area contributed by atoms with Gasteiger partial charge in [0.15, 0.2) is 11.5 Å². The van der Waals surface area contributed by atoms with Gasteiger partial charge < -0.3 is 20.7 Å². The van der Waals surface area contributed by atoms with Crippen LogP contribution in [0.2, 0.25) is 0 Å². The van der Waals surface area contributed by atoms with Gasteiger partial charge in [0.1, 0.15) is 0 Å². The molecule has 1 aromatic carbocycles. The van der Waals surface area contributed by atoms with Gasteiger partial charge in [-0.15, -0.1) is 0 Å².